The number of benzene rings is 1. The Hall–Kier alpha value is -2.22. The number of fused-ring (bicyclic) bond motifs is 1. The molecule has 0 saturated heterocycles. The summed E-state index contributed by atoms with van der Waals surface area (Å²) in [4.78, 5) is 13.1. The van der Waals surface area contributed by atoms with Crippen LogP contribution < -0.4 is 15.0 Å². The molecule has 1 aromatic rings. The van der Waals surface area contributed by atoms with Gasteiger partial charge in [0.1, 0.15) is 11.3 Å². The number of nitrogens with zero attached hydrogens (tertiary/aromatic N) is 2. The molecule has 1 heterocycles. The lowest BCUT2D eigenvalue weighted by atomic mass is 10.0. The molecule has 0 atom stereocenters. The van der Waals surface area contributed by atoms with Crippen LogP contribution in [0.15, 0.2) is 18.2 Å². The Labute approximate surface area is 106 Å². The fourth-order valence-corrected chi connectivity index (χ4v) is 1.68. The van der Waals surface area contributed by atoms with Crippen LogP contribution >= 0.6 is 0 Å². The molecule has 0 bridgehead atoms. The van der Waals surface area contributed by atoms with Crippen molar-refractivity contribution in [3.63, 3.8) is 0 Å². The van der Waals surface area contributed by atoms with Gasteiger partial charge in [0.25, 0.3) is 5.91 Å². The Kier molecular flexibility index (Phi) is 2.87. The van der Waals surface area contributed by atoms with Crippen LogP contribution in [0.1, 0.15) is 13.8 Å². The molecule has 0 aromatic heterocycles. The number of carbonyl (C=O) groups is 1. The number of carbonyl (C=O) groups excluding carboxylic acids is 1. The van der Waals surface area contributed by atoms with E-state index in [-0.39, 0.29) is 12.5 Å². The second kappa shape index (κ2) is 4.22. The molecule has 0 spiro atoms. The van der Waals surface area contributed by atoms with Gasteiger partial charge < -0.3 is 15.0 Å². The van der Waals surface area contributed by atoms with Crippen molar-refractivity contribution >= 4 is 17.3 Å². The van der Waals surface area contributed by atoms with E-state index >= 15 is 0 Å². The summed E-state index contributed by atoms with van der Waals surface area (Å²) < 4.78 is 5.29. The van der Waals surface area contributed by atoms with E-state index in [1.165, 1.54) is 0 Å². The average molecular weight is 245 g/mol. The summed E-state index contributed by atoms with van der Waals surface area (Å²) in [7, 11) is 1.84. The summed E-state index contributed by atoms with van der Waals surface area (Å²) in [6.45, 7) is 3.72. The van der Waals surface area contributed by atoms with Crippen molar-refractivity contribution in [2.24, 2.45) is 0 Å². The van der Waals surface area contributed by atoms with Gasteiger partial charge in [-0.25, -0.2) is 0 Å². The molecule has 5 heteroatoms. The van der Waals surface area contributed by atoms with Crippen LogP contribution in [0.25, 0.3) is 0 Å². The minimum atomic E-state index is -0.617. The largest absolute Gasteiger partial charge is 0.482 e. The fraction of sp³-hybridized carbons (Fsp3) is 0.385. The molecule has 0 saturated carbocycles. The maximum atomic E-state index is 11.3. The first kappa shape index (κ1) is 12.2. The number of amides is 1. The number of hydrogen-bond acceptors (Lipinski definition) is 4. The van der Waals surface area contributed by atoms with E-state index in [1.54, 1.807) is 6.07 Å². The van der Waals surface area contributed by atoms with Crippen LogP contribution in [0.2, 0.25) is 0 Å². The Morgan fingerprint density at radius 2 is 2.22 bits per heavy atom. The lowest BCUT2D eigenvalue weighted by molar-refractivity contribution is -0.118. The Bertz CT molecular complexity index is 532. The predicted molar refractivity (Wildman–Crippen MR) is 68.7 cm³/mol. The van der Waals surface area contributed by atoms with Crippen molar-refractivity contribution in [3.8, 4) is 11.8 Å². The zero-order valence-electron chi connectivity index (χ0n) is 10.7. The van der Waals surface area contributed by atoms with Gasteiger partial charge in [0, 0.05) is 12.7 Å². The average Bonchev–Trinajstić information content (AvgIpc) is 2.36. The van der Waals surface area contributed by atoms with E-state index in [0.717, 1.165) is 5.69 Å². The molecule has 1 N–H and O–H groups in total. The van der Waals surface area contributed by atoms with Crippen LogP contribution in [0, 0.1) is 11.3 Å². The Morgan fingerprint density at radius 1 is 1.50 bits per heavy atom. The van der Waals surface area contributed by atoms with Gasteiger partial charge in [-0.15, -0.1) is 0 Å². The van der Waals surface area contributed by atoms with Gasteiger partial charge >= 0.3 is 0 Å². The predicted octanol–water partition coefficient (Wildman–Crippen LogP) is 1.76. The minimum Gasteiger partial charge on any atom is -0.482 e. The van der Waals surface area contributed by atoms with Gasteiger partial charge in [-0.2, -0.15) is 5.26 Å². The van der Waals surface area contributed by atoms with Crippen molar-refractivity contribution in [2.45, 2.75) is 19.4 Å². The van der Waals surface area contributed by atoms with Crippen molar-refractivity contribution in [3.05, 3.63) is 18.2 Å². The van der Waals surface area contributed by atoms with Gasteiger partial charge in [-0.1, -0.05) is 0 Å². The zero-order chi connectivity index (χ0) is 13.3. The van der Waals surface area contributed by atoms with E-state index in [1.807, 2.05) is 37.9 Å². The molecular weight excluding hydrogens is 230 g/mol. The minimum absolute atomic E-state index is 0.0475. The lowest BCUT2D eigenvalue weighted by Gasteiger charge is -2.32. The normalized spacial score (nSPS) is 14.0. The zero-order valence-corrected chi connectivity index (χ0v) is 10.7. The monoisotopic (exact) mass is 245 g/mol. The molecule has 2 rings (SSSR count). The number of nitriles is 1. The second-order valence-corrected chi connectivity index (χ2v) is 4.75. The van der Waals surface area contributed by atoms with Crippen LogP contribution in [-0.4, -0.2) is 25.1 Å². The first-order valence-corrected chi connectivity index (χ1v) is 5.66. The van der Waals surface area contributed by atoms with Crippen LogP contribution in [0.4, 0.5) is 11.4 Å². The maximum absolute atomic E-state index is 11.3. The van der Waals surface area contributed by atoms with E-state index in [4.69, 9.17) is 10.00 Å². The third-order valence-electron chi connectivity index (χ3n) is 3.10. The third-order valence-corrected chi connectivity index (χ3v) is 3.10. The van der Waals surface area contributed by atoms with Crippen molar-refractivity contribution in [1.29, 1.82) is 5.26 Å². The smallest absolute Gasteiger partial charge is 0.262 e. The van der Waals surface area contributed by atoms with Crippen molar-refractivity contribution < 1.29 is 9.53 Å². The topological polar surface area (TPSA) is 65.4 Å². The quantitative estimate of drug-likeness (QED) is 0.862. The second-order valence-electron chi connectivity index (χ2n) is 4.75. The summed E-state index contributed by atoms with van der Waals surface area (Å²) in [6, 6.07) is 7.72. The highest BCUT2D eigenvalue weighted by atomic mass is 16.5. The van der Waals surface area contributed by atoms with Crippen LogP contribution in [-0.2, 0) is 4.79 Å². The lowest BCUT2D eigenvalue weighted by Crippen LogP contribution is -2.39. The summed E-state index contributed by atoms with van der Waals surface area (Å²) in [6.07, 6.45) is 0. The summed E-state index contributed by atoms with van der Waals surface area (Å²) in [5.74, 6) is 0.489. The molecule has 0 unspecified atom stereocenters. The van der Waals surface area contributed by atoms with Crippen LogP contribution in [0.3, 0.4) is 0 Å². The number of nitrogens with one attached hydrogen (secondary N) is 1. The van der Waals surface area contributed by atoms with E-state index in [0.29, 0.717) is 11.4 Å². The standard InChI is InChI=1S/C13H15N3O2/c1-13(2,8-14)16(3)9-4-5-11-10(6-9)15-12(17)7-18-11/h4-6H,7H2,1-3H3,(H,15,17). The molecular formula is C13H15N3O2. The molecule has 0 fully saturated rings. The molecule has 5 nitrogen and oxygen atoms in total. The molecule has 0 radical (unpaired) electrons. The van der Waals surface area contributed by atoms with E-state index in [2.05, 4.69) is 11.4 Å². The van der Waals surface area contributed by atoms with Gasteiger partial charge in [-0.05, 0) is 32.0 Å². The summed E-state index contributed by atoms with van der Waals surface area (Å²) in [5.41, 5.74) is 0.878. The summed E-state index contributed by atoms with van der Waals surface area (Å²) >= 11 is 0. The SMILES string of the molecule is CN(c1ccc2c(c1)NC(=O)CO2)C(C)(C)C#N. The molecule has 1 amide bonds. The first-order chi connectivity index (χ1) is 8.44. The maximum Gasteiger partial charge on any atom is 0.262 e. The Morgan fingerprint density at radius 3 is 2.89 bits per heavy atom. The highest BCUT2D eigenvalue weighted by Gasteiger charge is 2.25. The number of hydrogen-bond donors (Lipinski definition) is 1. The van der Waals surface area contributed by atoms with Gasteiger partial charge in [0.2, 0.25) is 0 Å². The highest BCUT2D eigenvalue weighted by Crippen LogP contribution is 2.33. The van der Waals surface area contributed by atoms with Crippen LogP contribution in [0.5, 0.6) is 5.75 Å². The highest BCUT2D eigenvalue weighted by molar-refractivity contribution is 5.96. The summed E-state index contributed by atoms with van der Waals surface area (Å²) in [5, 5.41) is 11.9. The molecule has 18 heavy (non-hydrogen) atoms. The van der Waals surface area contributed by atoms with Gasteiger partial charge in [0.05, 0.1) is 11.8 Å². The molecule has 1 aliphatic rings. The van der Waals surface area contributed by atoms with Gasteiger partial charge in [-0.3, -0.25) is 4.79 Å². The van der Waals surface area contributed by atoms with E-state index in [9.17, 15) is 4.79 Å². The van der Waals surface area contributed by atoms with Gasteiger partial charge in [0.15, 0.2) is 6.61 Å². The number of anilines is 2. The van der Waals surface area contributed by atoms with Crippen molar-refractivity contribution in [2.75, 3.05) is 23.9 Å². The number of rotatable bonds is 2. The molecule has 1 aromatic carbocycles. The third kappa shape index (κ3) is 2.09. The van der Waals surface area contributed by atoms with E-state index < -0.39 is 5.54 Å². The molecule has 0 aliphatic carbocycles. The molecule has 94 valence electrons. The van der Waals surface area contributed by atoms with Crippen molar-refractivity contribution in [1.82, 2.24) is 0 Å². The Balaban J connectivity index is 2.35. The first-order valence-electron chi connectivity index (χ1n) is 5.66. The number of ether oxygens (including phenoxy) is 1. The fourth-order valence-electron chi connectivity index (χ4n) is 1.68. The molecule has 1 aliphatic heterocycles.